The third-order valence-corrected chi connectivity index (χ3v) is 6.07. The van der Waals surface area contributed by atoms with Crippen LogP contribution in [0, 0.1) is 5.92 Å². The molecule has 0 unspecified atom stereocenters. The second kappa shape index (κ2) is 10.8. The highest BCUT2D eigenvalue weighted by atomic mass is 16.7. The van der Waals surface area contributed by atoms with Gasteiger partial charge in [0.2, 0.25) is 12.7 Å². The highest BCUT2D eigenvalue weighted by Crippen LogP contribution is 2.39. The second-order valence-electron chi connectivity index (χ2n) is 8.75. The number of hydrogen-bond acceptors (Lipinski definition) is 7. The fourth-order valence-corrected chi connectivity index (χ4v) is 4.15. The smallest absolute Gasteiger partial charge is 0.262 e. The fourth-order valence-electron chi connectivity index (χ4n) is 4.15. The van der Waals surface area contributed by atoms with Crippen LogP contribution in [0.2, 0.25) is 0 Å². The Labute approximate surface area is 205 Å². The minimum absolute atomic E-state index is 0.0825. The van der Waals surface area contributed by atoms with Crippen LogP contribution >= 0.6 is 0 Å². The first-order chi connectivity index (χ1) is 16.9. The molecule has 2 amide bonds. The van der Waals surface area contributed by atoms with Gasteiger partial charge < -0.3 is 23.8 Å². The molecular weight excluding hydrogens is 450 g/mol. The van der Waals surface area contributed by atoms with E-state index in [0.29, 0.717) is 31.1 Å². The van der Waals surface area contributed by atoms with Crippen molar-refractivity contribution >= 4 is 17.5 Å². The summed E-state index contributed by atoms with van der Waals surface area (Å²) in [5, 5.41) is 6.21. The van der Waals surface area contributed by atoms with Crippen LogP contribution in [0.25, 0.3) is 0 Å². The number of rotatable bonds is 9. The monoisotopic (exact) mass is 481 g/mol. The van der Waals surface area contributed by atoms with E-state index in [1.165, 1.54) is 9.91 Å². The summed E-state index contributed by atoms with van der Waals surface area (Å²) in [5.41, 5.74) is 2.57. The van der Waals surface area contributed by atoms with Crippen LogP contribution < -0.4 is 14.2 Å². The maximum atomic E-state index is 13.5. The van der Waals surface area contributed by atoms with E-state index in [1.807, 2.05) is 56.3 Å². The number of hydrazone groups is 1. The van der Waals surface area contributed by atoms with Gasteiger partial charge in [-0.2, -0.15) is 5.10 Å². The van der Waals surface area contributed by atoms with Crippen LogP contribution in [0.1, 0.15) is 37.4 Å². The number of nitrogens with zero attached hydrogens (tertiary/aromatic N) is 3. The number of benzene rings is 2. The van der Waals surface area contributed by atoms with Crippen molar-refractivity contribution < 1.29 is 28.5 Å². The van der Waals surface area contributed by atoms with Gasteiger partial charge >= 0.3 is 0 Å². The summed E-state index contributed by atoms with van der Waals surface area (Å²) in [6.07, 6.45) is 0.522. The van der Waals surface area contributed by atoms with E-state index in [1.54, 1.807) is 14.2 Å². The Bertz CT molecular complexity index is 1100. The predicted octanol–water partition coefficient (Wildman–Crippen LogP) is 3.23. The van der Waals surface area contributed by atoms with Gasteiger partial charge in [0.1, 0.15) is 12.3 Å². The summed E-state index contributed by atoms with van der Waals surface area (Å²) in [6.45, 7) is 4.40. The van der Waals surface area contributed by atoms with Crippen molar-refractivity contribution in [1.29, 1.82) is 0 Å². The summed E-state index contributed by atoms with van der Waals surface area (Å²) in [6, 6.07) is 12.9. The molecule has 9 nitrogen and oxygen atoms in total. The van der Waals surface area contributed by atoms with Crippen LogP contribution in [0.3, 0.4) is 0 Å². The van der Waals surface area contributed by atoms with Crippen molar-refractivity contribution in [2.45, 2.75) is 26.3 Å². The largest absolute Gasteiger partial charge is 0.497 e. The lowest BCUT2D eigenvalue weighted by Gasteiger charge is -2.28. The van der Waals surface area contributed by atoms with Gasteiger partial charge in [-0.3, -0.25) is 9.59 Å². The van der Waals surface area contributed by atoms with Gasteiger partial charge in [-0.05, 0) is 47.5 Å². The molecule has 0 aromatic heterocycles. The molecule has 35 heavy (non-hydrogen) atoms. The summed E-state index contributed by atoms with van der Waals surface area (Å²) >= 11 is 0. The van der Waals surface area contributed by atoms with Crippen molar-refractivity contribution in [2.24, 2.45) is 11.0 Å². The van der Waals surface area contributed by atoms with E-state index in [9.17, 15) is 9.59 Å². The van der Waals surface area contributed by atoms with Crippen LogP contribution in [-0.4, -0.2) is 68.1 Å². The second-order valence-corrected chi connectivity index (χ2v) is 8.75. The molecule has 2 aromatic rings. The Morgan fingerprint density at radius 3 is 2.54 bits per heavy atom. The molecule has 0 aliphatic carbocycles. The highest BCUT2D eigenvalue weighted by molar-refractivity contribution is 6.03. The normalized spacial score (nSPS) is 16.4. The molecule has 2 aliphatic heterocycles. The van der Waals surface area contributed by atoms with Gasteiger partial charge in [-0.15, -0.1) is 0 Å². The molecule has 0 saturated carbocycles. The molecule has 0 spiro atoms. The first-order valence-electron chi connectivity index (χ1n) is 11.6. The summed E-state index contributed by atoms with van der Waals surface area (Å²) in [4.78, 5) is 27.8. The van der Waals surface area contributed by atoms with E-state index < -0.39 is 0 Å². The van der Waals surface area contributed by atoms with Crippen LogP contribution in [-0.2, 0) is 14.3 Å². The third-order valence-electron chi connectivity index (χ3n) is 6.07. The summed E-state index contributed by atoms with van der Waals surface area (Å²) in [7, 11) is 3.19. The Morgan fingerprint density at radius 2 is 1.86 bits per heavy atom. The minimum atomic E-state index is -0.340. The molecule has 0 bridgehead atoms. The lowest BCUT2D eigenvalue weighted by atomic mass is 9.98. The lowest BCUT2D eigenvalue weighted by Crippen LogP contribution is -2.44. The topological polar surface area (TPSA) is 89.9 Å². The SMILES string of the molecule is COCCN(CC(=O)N1N=C(c2ccc(OC)cc2)C[C@@H]1c1ccc2c(c1)OCO2)C(=O)C(C)C. The first-order valence-corrected chi connectivity index (χ1v) is 11.6. The number of ether oxygens (including phenoxy) is 4. The van der Waals surface area contributed by atoms with Crippen molar-refractivity contribution in [3.63, 3.8) is 0 Å². The average Bonchev–Trinajstić information content (AvgIpc) is 3.53. The quantitative estimate of drug-likeness (QED) is 0.546. The molecule has 0 fully saturated rings. The van der Waals surface area contributed by atoms with Crippen molar-refractivity contribution in [1.82, 2.24) is 9.91 Å². The molecule has 1 atom stereocenters. The molecule has 186 valence electrons. The van der Waals surface area contributed by atoms with E-state index >= 15 is 0 Å². The van der Waals surface area contributed by atoms with Crippen LogP contribution in [0.5, 0.6) is 17.2 Å². The van der Waals surface area contributed by atoms with Gasteiger partial charge in [0, 0.05) is 26.0 Å². The zero-order chi connectivity index (χ0) is 24.9. The number of amides is 2. The Kier molecular flexibility index (Phi) is 7.55. The lowest BCUT2D eigenvalue weighted by molar-refractivity contribution is -0.143. The van der Waals surface area contributed by atoms with Crippen molar-refractivity contribution in [3.8, 4) is 17.2 Å². The Morgan fingerprint density at radius 1 is 1.11 bits per heavy atom. The third kappa shape index (κ3) is 5.40. The van der Waals surface area contributed by atoms with Crippen molar-refractivity contribution in [2.75, 3.05) is 40.7 Å². The highest BCUT2D eigenvalue weighted by Gasteiger charge is 2.35. The number of carbonyl (C=O) groups is 2. The predicted molar refractivity (Wildman–Crippen MR) is 130 cm³/mol. The Hall–Kier alpha value is -3.59. The Balaban J connectivity index is 1.63. The maximum Gasteiger partial charge on any atom is 0.262 e. The molecule has 4 rings (SSSR count). The fraction of sp³-hybridized carbons (Fsp3) is 0.423. The molecule has 0 N–H and O–H groups in total. The standard InChI is InChI=1S/C26H31N3O6/c1-17(2)26(31)28(11-12-32-3)15-25(30)29-22(19-7-10-23-24(13-19)35-16-34-23)14-21(27-29)18-5-8-20(33-4)9-6-18/h5-10,13,17,22H,11-12,14-16H2,1-4H3/t22-/m1/s1. The van der Waals surface area contributed by atoms with E-state index in [2.05, 4.69) is 0 Å². The zero-order valence-electron chi connectivity index (χ0n) is 20.5. The molecule has 2 aromatic carbocycles. The average molecular weight is 482 g/mol. The molecule has 0 radical (unpaired) electrons. The van der Waals surface area contributed by atoms with E-state index in [0.717, 1.165) is 22.6 Å². The first kappa shape index (κ1) is 24.5. The van der Waals surface area contributed by atoms with Crippen molar-refractivity contribution in [3.05, 3.63) is 53.6 Å². The van der Waals surface area contributed by atoms with Gasteiger partial charge in [0.05, 0.1) is 25.5 Å². The van der Waals surface area contributed by atoms with Gasteiger partial charge in [0.15, 0.2) is 11.5 Å². The number of hydrogen-bond donors (Lipinski definition) is 0. The van der Waals surface area contributed by atoms with Gasteiger partial charge in [-0.1, -0.05) is 19.9 Å². The van der Waals surface area contributed by atoms with Gasteiger partial charge in [0.25, 0.3) is 5.91 Å². The molecule has 2 heterocycles. The summed E-state index contributed by atoms with van der Waals surface area (Å²) in [5.74, 6) is 1.46. The number of methoxy groups -OCH3 is 2. The van der Waals surface area contributed by atoms with Crippen LogP contribution in [0.4, 0.5) is 0 Å². The zero-order valence-corrected chi connectivity index (χ0v) is 20.5. The number of fused-ring (bicyclic) bond motifs is 1. The van der Waals surface area contributed by atoms with Crippen LogP contribution in [0.15, 0.2) is 47.6 Å². The van der Waals surface area contributed by atoms with E-state index in [-0.39, 0.29) is 37.1 Å². The van der Waals surface area contributed by atoms with Gasteiger partial charge in [-0.25, -0.2) is 5.01 Å². The maximum absolute atomic E-state index is 13.5. The molecular formula is C26H31N3O6. The number of carbonyl (C=O) groups excluding carboxylic acids is 2. The molecule has 2 aliphatic rings. The molecule has 0 saturated heterocycles. The minimum Gasteiger partial charge on any atom is -0.497 e. The van der Waals surface area contributed by atoms with E-state index in [4.69, 9.17) is 24.0 Å². The molecule has 9 heteroatoms. The summed E-state index contributed by atoms with van der Waals surface area (Å²) < 4.78 is 21.4.